The normalized spacial score (nSPS) is 13.9. The van der Waals surface area contributed by atoms with Crippen LogP contribution < -0.4 is 5.32 Å². The number of esters is 1. The van der Waals surface area contributed by atoms with Gasteiger partial charge in [0.25, 0.3) is 0 Å². The summed E-state index contributed by atoms with van der Waals surface area (Å²) in [5.74, 6) is -0.577. The Bertz CT molecular complexity index is 1120. The van der Waals surface area contributed by atoms with Crippen molar-refractivity contribution >= 4 is 11.9 Å². The molecule has 0 aromatic carbocycles. The zero-order valence-electron chi connectivity index (χ0n) is 39.3. The Labute approximate surface area is 371 Å². The maximum Gasteiger partial charge on any atom is 0.306 e. The Balaban J connectivity index is 4.54. The first kappa shape index (κ1) is 57.3. The van der Waals surface area contributed by atoms with Crippen molar-refractivity contribution in [2.45, 2.75) is 251 Å². The number of nitrogens with one attached hydrogen (secondary N) is 1. The van der Waals surface area contributed by atoms with E-state index in [1.165, 1.54) is 103 Å². The van der Waals surface area contributed by atoms with Crippen LogP contribution in [0.4, 0.5) is 0 Å². The van der Waals surface area contributed by atoms with Gasteiger partial charge >= 0.3 is 5.97 Å². The first-order valence-corrected chi connectivity index (χ1v) is 25.2. The highest BCUT2D eigenvalue weighted by Gasteiger charge is 2.24. The van der Waals surface area contributed by atoms with Crippen LogP contribution in [-0.2, 0) is 14.3 Å². The lowest BCUT2D eigenvalue weighted by Crippen LogP contribution is -2.46. The van der Waals surface area contributed by atoms with E-state index in [0.717, 1.165) is 77.0 Å². The maximum atomic E-state index is 13.1. The van der Waals surface area contributed by atoms with E-state index in [0.29, 0.717) is 19.3 Å². The molecule has 3 N–H and O–H groups in total. The van der Waals surface area contributed by atoms with Gasteiger partial charge in [0.1, 0.15) is 6.10 Å². The van der Waals surface area contributed by atoms with Gasteiger partial charge in [-0.3, -0.25) is 9.59 Å². The molecule has 6 nitrogen and oxygen atoms in total. The fourth-order valence-corrected chi connectivity index (χ4v) is 7.28. The number of aliphatic hydroxyl groups excluding tert-OH is 2. The van der Waals surface area contributed by atoms with E-state index < -0.39 is 18.2 Å². The molecule has 0 fully saturated rings. The molecule has 0 radical (unpaired) electrons. The van der Waals surface area contributed by atoms with Crippen LogP contribution in [0, 0.1) is 0 Å². The molecular formula is C54H95NO5. The number of carbonyl (C=O) groups excluding carboxylic acids is 2. The molecule has 0 saturated carbocycles. The number of allylic oxidation sites excluding steroid dienone is 12. The van der Waals surface area contributed by atoms with Crippen molar-refractivity contribution in [1.82, 2.24) is 5.32 Å². The SMILES string of the molecule is CC/C=C\C/C=C\C/C=C\C/C=C\C/C=C\C/C=C\CCC(=O)OC(CCCCCCCCCC)CC(=O)NC(CO)C(O)CCCCCCCCCCCCCCCC. The molecule has 0 aromatic rings. The summed E-state index contributed by atoms with van der Waals surface area (Å²) >= 11 is 0. The number of hydrogen-bond donors (Lipinski definition) is 3. The minimum atomic E-state index is -0.800. The van der Waals surface area contributed by atoms with E-state index in [-0.39, 0.29) is 31.3 Å². The van der Waals surface area contributed by atoms with Crippen molar-refractivity contribution in [1.29, 1.82) is 0 Å². The number of ether oxygens (including phenoxy) is 1. The standard InChI is InChI=1S/C54H95NO5/c1-4-7-10-13-16-19-21-23-25-26-27-28-29-31-33-35-38-41-44-47-54(59)60-50(45-42-39-36-18-15-12-9-6-3)48-53(58)55-51(49-56)52(57)46-43-40-37-34-32-30-24-22-20-17-14-11-8-5-2/h7,10,16,19,23,25,27-28,31,33,38,41,50-52,56-57H,4-6,8-9,11-15,17-18,20-22,24,26,29-30,32,34-37,39-40,42-49H2,1-3H3,(H,55,58)/b10-7-,19-16-,25-23-,28-27-,33-31-,41-38-. The van der Waals surface area contributed by atoms with Crippen LogP contribution in [0.25, 0.3) is 0 Å². The van der Waals surface area contributed by atoms with Gasteiger partial charge in [0.05, 0.1) is 25.2 Å². The van der Waals surface area contributed by atoms with Crippen LogP contribution in [0.3, 0.4) is 0 Å². The summed E-state index contributed by atoms with van der Waals surface area (Å²) in [5.41, 5.74) is 0. The van der Waals surface area contributed by atoms with Crippen molar-refractivity contribution in [2.24, 2.45) is 0 Å². The number of unbranched alkanes of at least 4 members (excludes halogenated alkanes) is 20. The molecule has 0 saturated heterocycles. The zero-order chi connectivity index (χ0) is 43.8. The first-order valence-electron chi connectivity index (χ1n) is 25.2. The Hall–Kier alpha value is -2.70. The van der Waals surface area contributed by atoms with Crippen LogP contribution in [0.1, 0.15) is 233 Å². The molecular weight excluding hydrogens is 743 g/mol. The lowest BCUT2D eigenvalue weighted by molar-refractivity contribution is -0.150. The largest absolute Gasteiger partial charge is 0.462 e. The average molecular weight is 838 g/mol. The molecule has 0 aliphatic carbocycles. The fraction of sp³-hybridized carbons (Fsp3) is 0.741. The van der Waals surface area contributed by atoms with Gasteiger partial charge in [-0.25, -0.2) is 0 Å². The highest BCUT2D eigenvalue weighted by molar-refractivity contribution is 5.77. The van der Waals surface area contributed by atoms with Gasteiger partial charge in [-0.2, -0.15) is 0 Å². The molecule has 6 heteroatoms. The molecule has 3 atom stereocenters. The van der Waals surface area contributed by atoms with Crippen molar-refractivity contribution in [2.75, 3.05) is 6.61 Å². The van der Waals surface area contributed by atoms with E-state index in [9.17, 15) is 19.8 Å². The third-order valence-electron chi connectivity index (χ3n) is 11.1. The minimum Gasteiger partial charge on any atom is -0.462 e. The van der Waals surface area contributed by atoms with Crippen LogP contribution in [0.2, 0.25) is 0 Å². The summed E-state index contributed by atoms with van der Waals surface area (Å²) in [5, 5.41) is 23.7. The molecule has 1 amide bonds. The van der Waals surface area contributed by atoms with Crippen molar-refractivity contribution in [3.05, 3.63) is 72.9 Å². The Morgan fingerprint density at radius 3 is 1.27 bits per heavy atom. The molecule has 0 bridgehead atoms. The molecule has 0 aliphatic heterocycles. The first-order chi connectivity index (χ1) is 29.5. The molecule has 0 aliphatic rings. The van der Waals surface area contributed by atoms with E-state index in [1.807, 2.05) is 6.08 Å². The third kappa shape index (κ3) is 42.0. The topological polar surface area (TPSA) is 95.9 Å². The van der Waals surface area contributed by atoms with Crippen LogP contribution >= 0.6 is 0 Å². The summed E-state index contributed by atoms with van der Waals surface area (Å²) in [6, 6.07) is -0.716. The molecule has 60 heavy (non-hydrogen) atoms. The van der Waals surface area contributed by atoms with Gasteiger partial charge in [-0.05, 0) is 64.2 Å². The minimum absolute atomic E-state index is 0.0459. The monoisotopic (exact) mass is 838 g/mol. The van der Waals surface area contributed by atoms with Gasteiger partial charge in [0.15, 0.2) is 0 Å². The summed E-state index contributed by atoms with van der Waals surface area (Å²) in [6.07, 6.45) is 59.8. The summed E-state index contributed by atoms with van der Waals surface area (Å²) in [6.45, 7) is 6.33. The average Bonchev–Trinajstić information content (AvgIpc) is 3.24. The molecule has 346 valence electrons. The zero-order valence-corrected chi connectivity index (χ0v) is 39.3. The molecule has 0 aromatic heterocycles. The van der Waals surface area contributed by atoms with Crippen molar-refractivity contribution in [3.63, 3.8) is 0 Å². The fourth-order valence-electron chi connectivity index (χ4n) is 7.28. The number of aliphatic hydroxyl groups is 2. The van der Waals surface area contributed by atoms with E-state index in [4.69, 9.17) is 4.74 Å². The van der Waals surface area contributed by atoms with Gasteiger partial charge in [0, 0.05) is 6.42 Å². The molecule has 3 unspecified atom stereocenters. The lowest BCUT2D eigenvalue weighted by atomic mass is 10.0. The number of amides is 1. The van der Waals surface area contributed by atoms with E-state index in [1.54, 1.807) is 0 Å². The second-order valence-corrected chi connectivity index (χ2v) is 16.8. The number of rotatable bonds is 44. The van der Waals surface area contributed by atoms with Gasteiger partial charge in [-0.1, -0.05) is 229 Å². The smallest absolute Gasteiger partial charge is 0.306 e. The lowest BCUT2D eigenvalue weighted by Gasteiger charge is -2.24. The number of carbonyl (C=O) groups is 2. The van der Waals surface area contributed by atoms with Crippen LogP contribution in [0.15, 0.2) is 72.9 Å². The van der Waals surface area contributed by atoms with E-state index in [2.05, 4.69) is 92.9 Å². The summed E-state index contributed by atoms with van der Waals surface area (Å²) < 4.78 is 5.86. The Morgan fingerprint density at radius 1 is 0.500 bits per heavy atom. The number of hydrogen-bond acceptors (Lipinski definition) is 5. The maximum absolute atomic E-state index is 13.1. The second kappa shape index (κ2) is 47.4. The van der Waals surface area contributed by atoms with Crippen molar-refractivity contribution < 1.29 is 24.5 Å². The predicted molar refractivity (Wildman–Crippen MR) is 259 cm³/mol. The Morgan fingerprint density at radius 2 is 0.867 bits per heavy atom. The van der Waals surface area contributed by atoms with Gasteiger partial charge in [-0.15, -0.1) is 0 Å². The third-order valence-corrected chi connectivity index (χ3v) is 11.1. The highest BCUT2D eigenvalue weighted by atomic mass is 16.5. The van der Waals surface area contributed by atoms with Gasteiger partial charge in [0.2, 0.25) is 5.91 Å². The predicted octanol–water partition coefficient (Wildman–Crippen LogP) is 15.0. The van der Waals surface area contributed by atoms with Crippen molar-refractivity contribution in [3.8, 4) is 0 Å². The Kier molecular flexibility index (Phi) is 45.2. The highest BCUT2D eigenvalue weighted by Crippen LogP contribution is 2.17. The second-order valence-electron chi connectivity index (χ2n) is 16.8. The summed E-state index contributed by atoms with van der Waals surface area (Å²) in [4.78, 5) is 26.0. The molecule has 0 spiro atoms. The quantitative estimate of drug-likeness (QED) is 0.0323. The van der Waals surface area contributed by atoms with Crippen LogP contribution in [-0.4, -0.2) is 46.9 Å². The van der Waals surface area contributed by atoms with Crippen LogP contribution in [0.5, 0.6) is 0 Å². The molecule has 0 rings (SSSR count). The summed E-state index contributed by atoms with van der Waals surface area (Å²) in [7, 11) is 0. The molecule has 0 heterocycles. The van der Waals surface area contributed by atoms with Gasteiger partial charge < -0.3 is 20.3 Å². The van der Waals surface area contributed by atoms with E-state index >= 15 is 0 Å².